The number of Topliss-reactive ketones (excluding diaryl/α,β-unsaturated/α-hetero) is 4. The number of carbonyl (C=O) groups excluding carboxylic acids is 5. The van der Waals surface area contributed by atoms with Crippen LogP contribution in [0.15, 0.2) is 28.7 Å². The Hall–Kier alpha value is -3.63. The Balaban J connectivity index is 1.41. The summed E-state index contributed by atoms with van der Waals surface area (Å²) in [5.74, 6) is -10.4. The molecule has 2 heterocycles. The van der Waals surface area contributed by atoms with Crippen molar-refractivity contribution in [3.63, 3.8) is 0 Å². The number of phenolic OH excluding ortho intramolecular Hbond substituents is 1. The van der Waals surface area contributed by atoms with Gasteiger partial charge in [-0.15, -0.1) is 0 Å². The topological polar surface area (TPSA) is 168 Å². The fraction of sp³-hybridized carbons (Fsp3) is 0.516. The summed E-state index contributed by atoms with van der Waals surface area (Å²) in [6.45, 7) is 6.13. The Morgan fingerprint density at radius 2 is 1.80 bits per heavy atom. The summed E-state index contributed by atoms with van der Waals surface area (Å²) in [4.78, 5) is 69.0. The number of fused-ring (bicyclic) bond motifs is 3. The van der Waals surface area contributed by atoms with Gasteiger partial charge in [-0.05, 0) is 80.4 Å². The minimum absolute atomic E-state index is 0.0390. The zero-order valence-electron chi connectivity index (χ0n) is 23.1. The van der Waals surface area contributed by atoms with Crippen LogP contribution in [0.5, 0.6) is 5.75 Å². The van der Waals surface area contributed by atoms with E-state index in [2.05, 4.69) is 4.90 Å². The third-order valence-corrected chi connectivity index (χ3v) is 9.70. The van der Waals surface area contributed by atoms with E-state index in [4.69, 9.17) is 10.2 Å². The van der Waals surface area contributed by atoms with Gasteiger partial charge in [-0.2, -0.15) is 0 Å². The molecule has 1 saturated heterocycles. The quantitative estimate of drug-likeness (QED) is 0.462. The first kappa shape index (κ1) is 27.5. The molecule has 1 aromatic carbocycles. The highest BCUT2D eigenvalue weighted by Crippen LogP contribution is 2.53. The summed E-state index contributed by atoms with van der Waals surface area (Å²) in [5, 5.41) is 22.5. The van der Waals surface area contributed by atoms with Gasteiger partial charge in [0.05, 0.1) is 18.0 Å². The second-order valence-corrected chi connectivity index (χ2v) is 12.4. The fourth-order valence-corrected chi connectivity index (χ4v) is 7.85. The molecular weight excluding hydrogens is 528 g/mol. The summed E-state index contributed by atoms with van der Waals surface area (Å²) in [6, 6.07) is 6.79. The molecule has 3 fully saturated rings. The minimum Gasteiger partial charge on any atom is -0.507 e. The van der Waals surface area contributed by atoms with Crippen molar-refractivity contribution in [1.82, 2.24) is 4.90 Å². The highest BCUT2D eigenvalue weighted by molar-refractivity contribution is 6.32. The van der Waals surface area contributed by atoms with Crippen LogP contribution in [0, 0.1) is 35.5 Å². The van der Waals surface area contributed by atoms with Crippen LogP contribution in [0.25, 0.3) is 11.3 Å². The Labute approximate surface area is 236 Å². The first-order valence-corrected chi connectivity index (χ1v) is 14.3. The van der Waals surface area contributed by atoms with Gasteiger partial charge >= 0.3 is 0 Å². The number of rotatable bonds is 5. The molecule has 216 valence electrons. The summed E-state index contributed by atoms with van der Waals surface area (Å²) >= 11 is 0. The van der Waals surface area contributed by atoms with Crippen LogP contribution in [0.4, 0.5) is 0 Å². The molecule has 2 unspecified atom stereocenters. The van der Waals surface area contributed by atoms with E-state index in [0.29, 0.717) is 23.4 Å². The Kier molecular flexibility index (Phi) is 6.54. The van der Waals surface area contributed by atoms with Crippen LogP contribution in [-0.4, -0.2) is 62.8 Å². The number of likely N-dealkylation sites (tertiary alicyclic amines) is 1. The lowest BCUT2D eigenvalue weighted by Crippen LogP contribution is -2.71. The number of phenols is 1. The number of amides is 1. The number of hydrogen-bond donors (Lipinski definition) is 3. The molecule has 1 amide bonds. The van der Waals surface area contributed by atoms with Gasteiger partial charge in [0.25, 0.3) is 0 Å². The van der Waals surface area contributed by atoms with Gasteiger partial charge in [0.2, 0.25) is 5.91 Å². The monoisotopic (exact) mass is 562 g/mol. The van der Waals surface area contributed by atoms with E-state index in [0.717, 1.165) is 31.7 Å². The maximum atomic E-state index is 14.0. The van der Waals surface area contributed by atoms with Crippen LogP contribution in [0.3, 0.4) is 0 Å². The molecule has 10 heteroatoms. The van der Waals surface area contributed by atoms with Gasteiger partial charge in [0.15, 0.2) is 34.7 Å². The van der Waals surface area contributed by atoms with Crippen LogP contribution < -0.4 is 5.73 Å². The van der Waals surface area contributed by atoms with Gasteiger partial charge in [-0.1, -0.05) is 13.8 Å². The van der Waals surface area contributed by atoms with Crippen molar-refractivity contribution in [3.05, 3.63) is 41.2 Å². The number of aromatic hydroxyl groups is 1. The molecule has 10 nitrogen and oxygen atoms in total. The van der Waals surface area contributed by atoms with Crippen molar-refractivity contribution in [2.24, 2.45) is 41.2 Å². The Bertz CT molecular complexity index is 1480. The molecule has 1 aliphatic heterocycles. The number of hydrogen-bond acceptors (Lipinski definition) is 9. The van der Waals surface area contributed by atoms with Crippen molar-refractivity contribution in [3.8, 4) is 17.1 Å². The molecule has 6 atom stereocenters. The maximum Gasteiger partial charge on any atom is 0.235 e. The second kappa shape index (κ2) is 9.73. The number of aliphatic hydroxyl groups is 1. The Morgan fingerprint density at radius 1 is 1.10 bits per heavy atom. The molecule has 0 bridgehead atoms. The second-order valence-electron chi connectivity index (χ2n) is 12.4. The van der Waals surface area contributed by atoms with E-state index in [1.54, 1.807) is 19.9 Å². The van der Waals surface area contributed by atoms with Gasteiger partial charge in [-0.3, -0.25) is 28.9 Å². The van der Waals surface area contributed by atoms with Crippen molar-refractivity contribution >= 4 is 29.0 Å². The SMILES string of the molecule is CC(C)[C@@H]1C(=O)C(C(N)=O)C(=O)[C@@]2(O)C(=O)C3C(=O)c4c(O)ccc(-c5ccc(CN6CCCC6)o5)c4C[C@H]3C[C@@H]12. The van der Waals surface area contributed by atoms with Gasteiger partial charge in [-0.25, -0.2) is 0 Å². The summed E-state index contributed by atoms with van der Waals surface area (Å²) in [7, 11) is 0. The molecule has 1 aromatic heterocycles. The largest absolute Gasteiger partial charge is 0.507 e. The molecule has 2 saturated carbocycles. The molecule has 2 aromatic rings. The van der Waals surface area contributed by atoms with Gasteiger partial charge in [0.1, 0.15) is 17.3 Å². The lowest BCUT2D eigenvalue weighted by Gasteiger charge is -2.52. The van der Waals surface area contributed by atoms with Crippen molar-refractivity contribution in [1.29, 1.82) is 0 Å². The van der Waals surface area contributed by atoms with Gasteiger partial charge < -0.3 is 20.4 Å². The molecule has 4 aliphatic rings. The third kappa shape index (κ3) is 4.02. The van der Waals surface area contributed by atoms with E-state index < -0.39 is 70.1 Å². The molecule has 3 aliphatic carbocycles. The lowest BCUT2D eigenvalue weighted by molar-refractivity contribution is -0.182. The standard InChI is InChI=1S/C31H34N2O8/c1-14(2)22-19-12-15-11-18-17(21-8-5-16(41-21)13-33-9-3-4-10-33)6-7-20(34)24(18)27(36)23(15)28(37)31(19,40)29(38)25(26(22)35)30(32)39/h5-8,14-15,19,22-23,25,34,40H,3-4,9-13H2,1-2H3,(H2,32,39)/t15-,19-,22-,23?,25?,31-/m0/s1. The van der Waals surface area contributed by atoms with Crippen LogP contribution in [0.1, 0.15) is 54.8 Å². The highest BCUT2D eigenvalue weighted by atomic mass is 16.3. The molecule has 0 spiro atoms. The predicted molar refractivity (Wildman–Crippen MR) is 144 cm³/mol. The van der Waals surface area contributed by atoms with Crippen molar-refractivity contribution in [2.75, 3.05) is 13.1 Å². The van der Waals surface area contributed by atoms with E-state index in [9.17, 15) is 34.2 Å². The highest BCUT2D eigenvalue weighted by Gasteiger charge is 2.69. The molecular formula is C31H34N2O8. The smallest absolute Gasteiger partial charge is 0.235 e. The van der Waals surface area contributed by atoms with E-state index in [1.807, 2.05) is 12.1 Å². The molecule has 0 radical (unpaired) electrons. The first-order valence-electron chi connectivity index (χ1n) is 14.3. The number of ketones is 4. The number of furan rings is 1. The van der Waals surface area contributed by atoms with Crippen LogP contribution >= 0.6 is 0 Å². The van der Waals surface area contributed by atoms with E-state index in [-0.39, 0.29) is 24.2 Å². The zero-order chi connectivity index (χ0) is 29.4. The number of primary amides is 1. The molecule has 6 rings (SSSR count). The average molecular weight is 563 g/mol. The first-order chi connectivity index (χ1) is 19.4. The third-order valence-electron chi connectivity index (χ3n) is 9.70. The van der Waals surface area contributed by atoms with Gasteiger partial charge in [0, 0.05) is 17.4 Å². The average Bonchev–Trinajstić information content (AvgIpc) is 3.59. The number of benzene rings is 1. The van der Waals surface area contributed by atoms with Crippen LogP contribution in [-0.2, 0) is 32.1 Å². The van der Waals surface area contributed by atoms with Crippen LogP contribution in [0.2, 0.25) is 0 Å². The van der Waals surface area contributed by atoms with E-state index >= 15 is 0 Å². The number of carbonyl (C=O) groups is 5. The van der Waals surface area contributed by atoms with Crippen molar-refractivity contribution < 1.29 is 38.6 Å². The minimum atomic E-state index is -2.70. The van der Waals surface area contributed by atoms with E-state index in [1.165, 1.54) is 6.07 Å². The maximum absolute atomic E-state index is 14.0. The predicted octanol–water partition coefficient (Wildman–Crippen LogP) is 2.06. The van der Waals surface area contributed by atoms with Crippen molar-refractivity contribution in [2.45, 2.75) is 51.7 Å². The summed E-state index contributed by atoms with van der Waals surface area (Å²) in [5.41, 5.74) is 3.80. The Morgan fingerprint density at radius 3 is 2.46 bits per heavy atom. The lowest BCUT2D eigenvalue weighted by atomic mass is 9.49. The zero-order valence-corrected chi connectivity index (χ0v) is 23.1. The fourth-order valence-electron chi connectivity index (χ4n) is 7.85. The number of nitrogens with zero attached hydrogens (tertiary/aromatic N) is 1. The number of nitrogens with two attached hydrogens (primary N) is 1. The summed E-state index contributed by atoms with van der Waals surface area (Å²) < 4.78 is 6.17. The molecule has 41 heavy (non-hydrogen) atoms. The summed E-state index contributed by atoms with van der Waals surface area (Å²) in [6.07, 6.45) is 2.53. The molecule has 4 N–H and O–H groups in total. The normalized spacial score (nSPS) is 31.8.